The Bertz CT molecular complexity index is 198. The van der Waals surface area contributed by atoms with Crippen molar-refractivity contribution in [3.05, 3.63) is 35.5 Å². The summed E-state index contributed by atoms with van der Waals surface area (Å²) in [6.45, 7) is 1.93. The first-order chi connectivity index (χ1) is 4.34. The topological polar surface area (TPSA) is 12.9 Å². The summed E-state index contributed by atoms with van der Waals surface area (Å²) in [5, 5.41) is 0.569. The van der Waals surface area contributed by atoms with E-state index in [2.05, 4.69) is 4.98 Å². The van der Waals surface area contributed by atoms with Crippen LogP contribution in [0.25, 0.3) is 0 Å². The van der Waals surface area contributed by atoms with Crippen molar-refractivity contribution in [2.24, 2.45) is 0 Å². The zero-order valence-electron chi connectivity index (χ0n) is 5.13. The highest BCUT2D eigenvalue weighted by atomic mass is 35.5. The van der Waals surface area contributed by atoms with E-state index in [0.717, 1.165) is 5.56 Å². The second-order valence-electron chi connectivity index (χ2n) is 1.67. The lowest BCUT2D eigenvalue weighted by Crippen LogP contribution is -1.80. The number of aromatic nitrogens is 1. The van der Waals surface area contributed by atoms with Crippen LogP contribution in [-0.2, 0) is 0 Å². The number of hydrogen-bond acceptors (Lipinski definition) is 1. The summed E-state index contributed by atoms with van der Waals surface area (Å²) >= 11 is 5.68. The largest absolute Gasteiger partial charge is 0.244 e. The lowest BCUT2D eigenvalue weighted by molar-refractivity contribution is 1.27. The molecular weight excluding hydrogens is 134 g/mol. The van der Waals surface area contributed by atoms with Gasteiger partial charge in [0.05, 0.1) is 0 Å². The number of nitrogens with zero attached hydrogens (tertiary/aromatic N) is 1. The molecule has 0 unspecified atom stereocenters. The smallest absolute Gasteiger partial charge is 0.132 e. The van der Waals surface area contributed by atoms with Gasteiger partial charge in [-0.2, -0.15) is 0 Å². The molecule has 0 atom stereocenters. The molecule has 0 N–H and O–H groups in total. The van der Waals surface area contributed by atoms with Gasteiger partial charge in [0.25, 0.3) is 0 Å². The predicted octanol–water partition coefficient (Wildman–Crippen LogP) is 2.31. The average Bonchev–Trinajstić information content (AvgIpc) is 1.89. The Hall–Kier alpha value is -0.560. The van der Waals surface area contributed by atoms with Gasteiger partial charge < -0.3 is 0 Å². The van der Waals surface area contributed by atoms with Gasteiger partial charge in [-0.25, -0.2) is 4.98 Å². The Kier molecular flexibility index (Phi) is 2.06. The Balaban J connectivity index is 3.01. The maximum absolute atomic E-state index is 5.68. The van der Waals surface area contributed by atoms with Gasteiger partial charge in [0, 0.05) is 6.20 Å². The third-order valence-electron chi connectivity index (χ3n) is 1.10. The quantitative estimate of drug-likeness (QED) is 0.546. The molecule has 0 aliphatic rings. The first-order valence-electron chi connectivity index (χ1n) is 2.74. The highest BCUT2D eigenvalue weighted by Crippen LogP contribution is 2.12. The number of pyridine rings is 1. The fourth-order valence-electron chi connectivity index (χ4n) is 0.614. The van der Waals surface area contributed by atoms with E-state index in [9.17, 15) is 0 Å². The summed E-state index contributed by atoms with van der Waals surface area (Å²) in [6.07, 6.45) is 3.60. The van der Waals surface area contributed by atoms with Crippen LogP contribution in [0.1, 0.15) is 12.5 Å². The van der Waals surface area contributed by atoms with Crippen molar-refractivity contribution in [2.75, 3.05) is 0 Å². The molecule has 0 aromatic carbocycles. The summed E-state index contributed by atoms with van der Waals surface area (Å²) in [5.74, 6) is 0. The monoisotopic (exact) mass is 140 g/mol. The van der Waals surface area contributed by atoms with E-state index in [1.807, 2.05) is 25.5 Å². The molecule has 0 fully saturated rings. The van der Waals surface area contributed by atoms with Crippen LogP contribution in [0.2, 0.25) is 5.15 Å². The van der Waals surface area contributed by atoms with E-state index in [1.54, 1.807) is 6.20 Å². The third-order valence-corrected chi connectivity index (χ3v) is 1.41. The molecule has 2 heteroatoms. The van der Waals surface area contributed by atoms with Gasteiger partial charge in [0.1, 0.15) is 5.15 Å². The van der Waals surface area contributed by atoms with Crippen LogP contribution in [0.5, 0.6) is 0 Å². The molecule has 1 nitrogen and oxygen atoms in total. The molecule has 9 heavy (non-hydrogen) atoms. The van der Waals surface area contributed by atoms with Crippen molar-refractivity contribution in [1.29, 1.82) is 0 Å². The van der Waals surface area contributed by atoms with Gasteiger partial charge in [-0.3, -0.25) is 0 Å². The summed E-state index contributed by atoms with van der Waals surface area (Å²) in [4.78, 5) is 3.88. The van der Waals surface area contributed by atoms with Crippen molar-refractivity contribution in [3.63, 3.8) is 0 Å². The number of hydrogen-bond donors (Lipinski definition) is 0. The Morgan fingerprint density at radius 2 is 2.44 bits per heavy atom. The van der Waals surface area contributed by atoms with E-state index in [-0.39, 0.29) is 0 Å². The standard InChI is InChI=1S/C7H7ClN/c1-2-6-4-3-5-9-7(6)8/h2-5H,1H3. The van der Waals surface area contributed by atoms with Crippen LogP contribution in [0.3, 0.4) is 0 Å². The number of rotatable bonds is 1. The molecule has 0 amide bonds. The van der Waals surface area contributed by atoms with Gasteiger partial charge >= 0.3 is 0 Å². The van der Waals surface area contributed by atoms with Crippen LogP contribution in [0, 0.1) is 6.42 Å². The van der Waals surface area contributed by atoms with Crippen molar-refractivity contribution in [1.82, 2.24) is 4.98 Å². The summed E-state index contributed by atoms with van der Waals surface area (Å²) in [6, 6.07) is 3.79. The molecule has 1 radical (unpaired) electrons. The van der Waals surface area contributed by atoms with Crippen molar-refractivity contribution < 1.29 is 0 Å². The molecule has 0 spiro atoms. The highest BCUT2D eigenvalue weighted by molar-refractivity contribution is 6.30. The molecule has 0 saturated heterocycles. The van der Waals surface area contributed by atoms with Crippen molar-refractivity contribution >= 4 is 11.6 Å². The highest BCUT2D eigenvalue weighted by Gasteiger charge is 1.93. The van der Waals surface area contributed by atoms with Gasteiger partial charge in [0.2, 0.25) is 0 Å². The molecule has 0 aliphatic heterocycles. The van der Waals surface area contributed by atoms with Crippen LogP contribution in [-0.4, -0.2) is 4.98 Å². The maximum atomic E-state index is 5.68. The van der Waals surface area contributed by atoms with Gasteiger partial charge in [0.15, 0.2) is 0 Å². The van der Waals surface area contributed by atoms with Crippen molar-refractivity contribution in [2.45, 2.75) is 6.92 Å². The van der Waals surface area contributed by atoms with E-state index in [0.29, 0.717) is 5.15 Å². The lowest BCUT2D eigenvalue weighted by Gasteiger charge is -1.94. The fourth-order valence-corrected chi connectivity index (χ4v) is 0.842. The molecule has 0 aliphatic carbocycles. The Morgan fingerprint density at radius 1 is 1.67 bits per heavy atom. The zero-order valence-corrected chi connectivity index (χ0v) is 5.89. The van der Waals surface area contributed by atoms with Crippen LogP contribution in [0.4, 0.5) is 0 Å². The predicted molar refractivity (Wildman–Crippen MR) is 38.3 cm³/mol. The molecule has 1 aromatic heterocycles. The first-order valence-corrected chi connectivity index (χ1v) is 3.12. The SMILES string of the molecule is C[CH]c1cccnc1Cl. The van der Waals surface area contributed by atoms with Crippen LogP contribution >= 0.6 is 11.6 Å². The normalized spacial score (nSPS) is 9.56. The molecule has 0 bridgehead atoms. The van der Waals surface area contributed by atoms with Gasteiger partial charge in [-0.15, -0.1) is 0 Å². The van der Waals surface area contributed by atoms with Gasteiger partial charge in [-0.1, -0.05) is 24.6 Å². The third kappa shape index (κ3) is 1.42. The summed E-state index contributed by atoms with van der Waals surface area (Å²) in [5.41, 5.74) is 0.985. The first kappa shape index (κ1) is 6.56. The second kappa shape index (κ2) is 2.83. The maximum Gasteiger partial charge on any atom is 0.132 e. The molecule has 0 saturated carbocycles. The van der Waals surface area contributed by atoms with Crippen LogP contribution < -0.4 is 0 Å². The minimum Gasteiger partial charge on any atom is -0.244 e. The number of halogens is 1. The molecule has 1 rings (SSSR count). The molecular formula is C7H7ClN. The Morgan fingerprint density at radius 3 is 2.89 bits per heavy atom. The van der Waals surface area contributed by atoms with Crippen molar-refractivity contribution in [3.8, 4) is 0 Å². The van der Waals surface area contributed by atoms with E-state index < -0.39 is 0 Å². The Labute approximate surface area is 59.7 Å². The average molecular weight is 141 g/mol. The summed E-state index contributed by atoms with van der Waals surface area (Å²) < 4.78 is 0. The molecule has 1 aromatic rings. The minimum atomic E-state index is 0.569. The van der Waals surface area contributed by atoms with Crippen LogP contribution in [0.15, 0.2) is 18.3 Å². The fraction of sp³-hybridized carbons (Fsp3) is 0.143. The van der Waals surface area contributed by atoms with Gasteiger partial charge in [-0.05, 0) is 18.1 Å². The lowest BCUT2D eigenvalue weighted by atomic mass is 10.2. The summed E-state index contributed by atoms with van der Waals surface area (Å²) in [7, 11) is 0. The van der Waals surface area contributed by atoms with E-state index in [4.69, 9.17) is 11.6 Å². The molecule has 1 heterocycles. The zero-order chi connectivity index (χ0) is 6.69. The van der Waals surface area contributed by atoms with E-state index in [1.165, 1.54) is 0 Å². The second-order valence-corrected chi connectivity index (χ2v) is 2.03. The molecule has 47 valence electrons. The van der Waals surface area contributed by atoms with E-state index >= 15 is 0 Å². The minimum absolute atomic E-state index is 0.569.